The van der Waals surface area contributed by atoms with Crippen molar-refractivity contribution in [3.8, 4) is 28.1 Å². The molecule has 4 heteroatoms. The third-order valence-electron chi connectivity index (χ3n) is 4.48. The lowest BCUT2D eigenvalue weighted by atomic mass is 9.95. The van der Waals surface area contributed by atoms with Crippen LogP contribution in [0.2, 0.25) is 0 Å². The molecule has 1 aliphatic rings. The van der Waals surface area contributed by atoms with Gasteiger partial charge in [-0.15, -0.1) is 0 Å². The minimum absolute atomic E-state index is 0.130. The Hall–Kier alpha value is -3.14. The zero-order valence-electron chi connectivity index (χ0n) is 13.9. The number of rotatable bonds is 2. The number of aryl methyl sites for hydroxylation is 1. The monoisotopic (exact) mass is 331 g/mol. The Labute approximate surface area is 145 Å². The largest absolute Gasteiger partial charge is 0.426 e. The molecule has 0 saturated carbocycles. The molecular formula is C21H17NO3. The van der Waals surface area contributed by atoms with Crippen LogP contribution in [-0.2, 0) is 17.8 Å². The summed E-state index contributed by atoms with van der Waals surface area (Å²) in [7, 11) is 0. The van der Waals surface area contributed by atoms with Gasteiger partial charge in [0.15, 0.2) is 0 Å². The fourth-order valence-corrected chi connectivity index (χ4v) is 3.40. The molecule has 124 valence electrons. The standard InChI is InChI=1S/C21H17NO3/c1-14(23)25-19-13-18-17-10-6-5-7-15(17)11-12-22(18)21(24)20(19)16-8-3-2-4-9-16/h2-10,13H,11-12H2,1H3. The minimum atomic E-state index is -0.439. The van der Waals surface area contributed by atoms with Gasteiger partial charge in [-0.05, 0) is 17.5 Å². The molecule has 0 aliphatic carbocycles. The van der Waals surface area contributed by atoms with Gasteiger partial charge in [0.25, 0.3) is 5.56 Å². The first kappa shape index (κ1) is 15.4. The summed E-state index contributed by atoms with van der Waals surface area (Å²) < 4.78 is 7.18. The van der Waals surface area contributed by atoms with E-state index in [1.54, 1.807) is 4.57 Å². The molecule has 25 heavy (non-hydrogen) atoms. The quantitative estimate of drug-likeness (QED) is 0.673. The second-order valence-electron chi connectivity index (χ2n) is 6.09. The Kier molecular flexibility index (Phi) is 3.73. The summed E-state index contributed by atoms with van der Waals surface area (Å²) in [5.41, 5.74) is 4.05. The number of esters is 1. The first-order valence-corrected chi connectivity index (χ1v) is 8.25. The van der Waals surface area contributed by atoms with Crippen molar-refractivity contribution >= 4 is 5.97 Å². The van der Waals surface area contributed by atoms with E-state index >= 15 is 0 Å². The Morgan fingerprint density at radius 1 is 1.04 bits per heavy atom. The molecule has 0 bridgehead atoms. The number of pyridine rings is 1. The summed E-state index contributed by atoms with van der Waals surface area (Å²) in [5.74, 6) is -0.128. The van der Waals surface area contributed by atoms with Gasteiger partial charge in [-0.25, -0.2) is 0 Å². The van der Waals surface area contributed by atoms with Crippen LogP contribution in [0.3, 0.4) is 0 Å². The molecule has 0 radical (unpaired) electrons. The maximum Gasteiger partial charge on any atom is 0.308 e. The summed E-state index contributed by atoms with van der Waals surface area (Å²) in [6.45, 7) is 1.96. The van der Waals surface area contributed by atoms with E-state index in [0.29, 0.717) is 17.9 Å². The van der Waals surface area contributed by atoms with E-state index in [2.05, 4.69) is 6.07 Å². The summed E-state index contributed by atoms with van der Waals surface area (Å²) >= 11 is 0. The number of fused-ring (bicyclic) bond motifs is 3. The highest BCUT2D eigenvalue weighted by atomic mass is 16.5. The van der Waals surface area contributed by atoms with Crippen LogP contribution in [0, 0.1) is 0 Å². The van der Waals surface area contributed by atoms with Crippen molar-refractivity contribution < 1.29 is 9.53 Å². The molecule has 0 N–H and O–H groups in total. The van der Waals surface area contributed by atoms with Crippen LogP contribution in [0.25, 0.3) is 22.4 Å². The number of nitrogens with zero attached hydrogens (tertiary/aromatic N) is 1. The second kappa shape index (κ2) is 6.06. The van der Waals surface area contributed by atoms with Gasteiger partial charge in [0.2, 0.25) is 0 Å². The third kappa shape index (κ3) is 2.66. The number of benzene rings is 2. The van der Waals surface area contributed by atoms with Crippen LogP contribution in [0.5, 0.6) is 5.75 Å². The average molecular weight is 331 g/mol. The van der Waals surface area contributed by atoms with Crippen molar-refractivity contribution in [1.29, 1.82) is 0 Å². The predicted molar refractivity (Wildman–Crippen MR) is 96.6 cm³/mol. The van der Waals surface area contributed by atoms with E-state index < -0.39 is 5.97 Å². The van der Waals surface area contributed by atoms with Crippen LogP contribution in [-0.4, -0.2) is 10.5 Å². The molecule has 3 aromatic rings. The van der Waals surface area contributed by atoms with Crippen molar-refractivity contribution in [3.05, 3.63) is 76.6 Å². The number of hydrogen-bond donors (Lipinski definition) is 0. The normalized spacial score (nSPS) is 12.2. The van der Waals surface area contributed by atoms with Crippen molar-refractivity contribution in [2.75, 3.05) is 0 Å². The second-order valence-corrected chi connectivity index (χ2v) is 6.09. The Bertz CT molecular complexity index is 1020. The van der Waals surface area contributed by atoms with Gasteiger partial charge in [-0.1, -0.05) is 54.6 Å². The van der Waals surface area contributed by atoms with E-state index in [9.17, 15) is 9.59 Å². The highest BCUT2D eigenvalue weighted by Gasteiger charge is 2.23. The van der Waals surface area contributed by atoms with Gasteiger partial charge >= 0.3 is 5.97 Å². The Morgan fingerprint density at radius 3 is 2.52 bits per heavy atom. The lowest BCUT2D eigenvalue weighted by Crippen LogP contribution is -2.28. The smallest absolute Gasteiger partial charge is 0.308 e. The molecule has 2 aromatic carbocycles. The van der Waals surface area contributed by atoms with Crippen molar-refractivity contribution in [2.45, 2.75) is 19.9 Å². The topological polar surface area (TPSA) is 48.3 Å². The first-order valence-electron chi connectivity index (χ1n) is 8.25. The molecule has 1 aromatic heterocycles. The zero-order valence-corrected chi connectivity index (χ0v) is 13.9. The molecule has 1 aliphatic heterocycles. The molecule has 0 saturated heterocycles. The maximum absolute atomic E-state index is 13.2. The molecular weight excluding hydrogens is 314 g/mol. The van der Waals surface area contributed by atoms with Gasteiger partial charge in [0.05, 0.1) is 11.3 Å². The van der Waals surface area contributed by atoms with E-state index in [4.69, 9.17) is 4.74 Å². The molecule has 0 atom stereocenters. The van der Waals surface area contributed by atoms with Crippen molar-refractivity contribution in [1.82, 2.24) is 4.57 Å². The lowest BCUT2D eigenvalue weighted by molar-refractivity contribution is -0.131. The minimum Gasteiger partial charge on any atom is -0.426 e. The van der Waals surface area contributed by atoms with E-state index in [1.807, 2.05) is 54.6 Å². The summed E-state index contributed by atoms with van der Waals surface area (Å²) in [5, 5.41) is 0. The highest BCUT2D eigenvalue weighted by molar-refractivity contribution is 5.79. The van der Waals surface area contributed by atoms with Gasteiger partial charge < -0.3 is 9.30 Å². The average Bonchev–Trinajstić information content (AvgIpc) is 2.62. The van der Waals surface area contributed by atoms with Crippen LogP contribution in [0.4, 0.5) is 0 Å². The fourth-order valence-electron chi connectivity index (χ4n) is 3.40. The molecule has 0 amide bonds. The van der Waals surface area contributed by atoms with Crippen molar-refractivity contribution in [2.24, 2.45) is 0 Å². The number of carbonyl (C=O) groups excluding carboxylic acids is 1. The summed E-state index contributed by atoms with van der Waals surface area (Å²) in [6, 6.07) is 19.2. The summed E-state index contributed by atoms with van der Waals surface area (Å²) in [4.78, 5) is 24.8. The Balaban J connectivity index is 2.02. The maximum atomic E-state index is 13.2. The molecule has 4 nitrogen and oxygen atoms in total. The zero-order chi connectivity index (χ0) is 17.4. The first-order chi connectivity index (χ1) is 12.1. The molecule has 4 rings (SSSR count). The molecule has 2 heterocycles. The SMILES string of the molecule is CC(=O)Oc1cc2n(c(=O)c1-c1ccccc1)CCc1ccccc1-2. The molecule has 0 unspecified atom stereocenters. The van der Waals surface area contributed by atoms with Crippen LogP contribution < -0.4 is 10.3 Å². The van der Waals surface area contributed by atoms with Crippen LogP contribution in [0.1, 0.15) is 12.5 Å². The van der Waals surface area contributed by atoms with Gasteiger partial charge in [-0.2, -0.15) is 0 Å². The van der Waals surface area contributed by atoms with Crippen molar-refractivity contribution in [3.63, 3.8) is 0 Å². The van der Waals surface area contributed by atoms with Crippen LogP contribution in [0.15, 0.2) is 65.5 Å². The number of ether oxygens (including phenoxy) is 1. The molecule has 0 fully saturated rings. The van der Waals surface area contributed by atoms with E-state index in [0.717, 1.165) is 23.2 Å². The number of hydrogen-bond acceptors (Lipinski definition) is 3. The number of aromatic nitrogens is 1. The fraction of sp³-hybridized carbons (Fsp3) is 0.143. The predicted octanol–water partition coefficient (Wildman–Crippen LogP) is 3.66. The molecule has 0 spiro atoms. The number of carbonyl (C=O) groups is 1. The van der Waals surface area contributed by atoms with Gasteiger partial charge in [-0.3, -0.25) is 9.59 Å². The summed E-state index contributed by atoms with van der Waals surface area (Å²) in [6.07, 6.45) is 0.810. The third-order valence-corrected chi connectivity index (χ3v) is 4.48. The van der Waals surface area contributed by atoms with E-state index in [1.165, 1.54) is 12.5 Å². The highest BCUT2D eigenvalue weighted by Crippen LogP contribution is 2.35. The van der Waals surface area contributed by atoms with Gasteiger partial charge in [0.1, 0.15) is 5.75 Å². The van der Waals surface area contributed by atoms with E-state index in [-0.39, 0.29) is 5.56 Å². The Morgan fingerprint density at radius 2 is 1.76 bits per heavy atom. The lowest BCUT2D eigenvalue weighted by Gasteiger charge is -2.23. The van der Waals surface area contributed by atoms with Gasteiger partial charge in [0, 0.05) is 25.1 Å². The van der Waals surface area contributed by atoms with Crippen LogP contribution >= 0.6 is 0 Å².